The van der Waals surface area contributed by atoms with Crippen LogP contribution in [0, 0.1) is 5.92 Å². The summed E-state index contributed by atoms with van der Waals surface area (Å²) in [6.07, 6.45) is 2.92. The molecule has 1 amide bonds. The number of hydrogen-bond donors (Lipinski definition) is 1. The molecule has 64 valence electrons. The molecule has 1 unspecified atom stereocenters. The maximum atomic E-state index is 10.6. The van der Waals surface area contributed by atoms with Gasteiger partial charge in [0.25, 0.3) is 0 Å². The monoisotopic (exact) mass is 156 g/mol. The molecule has 11 heavy (non-hydrogen) atoms. The number of hydrogen-bond acceptors (Lipinski definition) is 2. The molecule has 0 bridgehead atoms. The summed E-state index contributed by atoms with van der Waals surface area (Å²) in [6, 6.07) is 0. The third kappa shape index (κ3) is 2.89. The Morgan fingerprint density at radius 1 is 1.73 bits per heavy atom. The number of amides is 1. The minimum absolute atomic E-state index is 0.162. The molecule has 0 saturated carbocycles. The van der Waals surface area contributed by atoms with E-state index in [-0.39, 0.29) is 5.91 Å². The van der Waals surface area contributed by atoms with Crippen molar-refractivity contribution >= 4 is 5.91 Å². The second kappa shape index (κ2) is 3.72. The summed E-state index contributed by atoms with van der Waals surface area (Å²) in [6.45, 7) is 2.19. The summed E-state index contributed by atoms with van der Waals surface area (Å²) in [5.41, 5.74) is 5.11. The normalized spacial score (nSPS) is 26.8. The van der Waals surface area contributed by atoms with Crippen LogP contribution in [-0.2, 0) is 4.79 Å². The van der Waals surface area contributed by atoms with Gasteiger partial charge in [0.2, 0.25) is 5.91 Å². The van der Waals surface area contributed by atoms with E-state index in [1.54, 1.807) is 0 Å². The van der Waals surface area contributed by atoms with E-state index in [9.17, 15) is 4.79 Å². The summed E-state index contributed by atoms with van der Waals surface area (Å²) >= 11 is 0. The van der Waals surface area contributed by atoms with Gasteiger partial charge in [0.1, 0.15) is 0 Å². The van der Waals surface area contributed by atoms with Crippen LogP contribution in [0.15, 0.2) is 0 Å². The van der Waals surface area contributed by atoms with E-state index in [2.05, 4.69) is 11.9 Å². The number of primary amides is 1. The van der Waals surface area contributed by atoms with Gasteiger partial charge in [-0.05, 0) is 32.4 Å². The number of carbonyl (C=O) groups excluding carboxylic acids is 1. The molecule has 1 saturated heterocycles. The highest BCUT2D eigenvalue weighted by atomic mass is 16.1. The van der Waals surface area contributed by atoms with E-state index < -0.39 is 0 Å². The third-order valence-electron chi connectivity index (χ3n) is 2.21. The van der Waals surface area contributed by atoms with Gasteiger partial charge in [-0.2, -0.15) is 0 Å². The first kappa shape index (κ1) is 8.53. The van der Waals surface area contributed by atoms with Crippen LogP contribution >= 0.6 is 0 Å². The Kier molecular flexibility index (Phi) is 2.88. The van der Waals surface area contributed by atoms with Crippen LogP contribution in [0.1, 0.15) is 19.3 Å². The van der Waals surface area contributed by atoms with Crippen molar-refractivity contribution in [1.29, 1.82) is 0 Å². The molecule has 2 N–H and O–H groups in total. The second-order valence-corrected chi connectivity index (χ2v) is 3.44. The lowest BCUT2D eigenvalue weighted by molar-refractivity contribution is -0.119. The van der Waals surface area contributed by atoms with Crippen molar-refractivity contribution < 1.29 is 4.79 Å². The Morgan fingerprint density at radius 3 is 3.00 bits per heavy atom. The van der Waals surface area contributed by atoms with E-state index >= 15 is 0 Å². The van der Waals surface area contributed by atoms with Gasteiger partial charge in [-0.15, -0.1) is 0 Å². The molecule has 1 aliphatic heterocycles. The number of nitrogens with zero attached hydrogens (tertiary/aromatic N) is 1. The van der Waals surface area contributed by atoms with Gasteiger partial charge in [0, 0.05) is 13.0 Å². The van der Waals surface area contributed by atoms with E-state index in [0.717, 1.165) is 19.5 Å². The average Bonchev–Trinajstić information content (AvgIpc) is 1.85. The average molecular weight is 156 g/mol. The Labute approximate surface area is 67.5 Å². The predicted octanol–water partition coefficient (Wildman–Crippen LogP) is 0.204. The lowest BCUT2D eigenvalue weighted by Gasteiger charge is -2.28. The predicted molar refractivity (Wildman–Crippen MR) is 44.0 cm³/mol. The number of rotatable bonds is 2. The van der Waals surface area contributed by atoms with Crippen molar-refractivity contribution in [2.45, 2.75) is 19.3 Å². The third-order valence-corrected chi connectivity index (χ3v) is 2.21. The summed E-state index contributed by atoms with van der Waals surface area (Å²) in [5, 5.41) is 0. The lowest BCUT2D eigenvalue weighted by Crippen LogP contribution is -2.34. The zero-order valence-corrected chi connectivity index (χ0v) is 7.05. The summed E-state index contributed by atoms with van der Waals surface area (Å²) in [7, 11) is 2.09. The standard InChI is InChI=1S/C8H16N2O/c1-10-4-2-3-7(6-10)5-8(9)11/h7H,2-6H2,1H3,(H2,9,11). The molecular weight excluding hydrogens is 140 g/mol. The molecule has 1 atom stereocenters. The molecule has 1 rings (SSSR count). The SMILES string of the molecule is CN1CCCC(CC(N)=O)C1. The van der Waals surface area contributed by atoms with Crippen LogP contribution in [-0.4, -0.2) is 30.9 Å². The van der Waals surface area contributed by atoms with Gasteiger partial charge >= 0.3 is 0 Å². The Bertz CT molecular complexity index is 147. The maximum absolute atomic E-state index is 10.6. The van der Waals surface area contributed by atoms with Crippen molar-refractivity contribution in [3.63, 3.8) is 0 Å². The fourth-order valence-electron chi connectivity index (χ4n) is 1.72. The Morgan fingerprint density at radius 2 is 2.45 bits per heavy atom. The molecule has 0 radical (unpaired) electrons. The number of carbonyl (C=O) groups is 1. The largest absolute Gasteiger partial charge is 0.370 e. The number of nitrogens with two attached hydrogens (primary N) is 1. The first-order valence-electron chi connectivity index (χ1n) is 4.15. The molecule has 1 aliphatic rings. The Balaban J connectivity index is 2.28. The Hall–Kier alpha value is -0.570. The molecule has 0 aliphatic carbocycles. The van der Waals surface area contributed by atoms with Crippen LogP contribution < -0.4 is 5.73 Å². The fourth-order valence-corrected chi connectivity index (χ4v) is 1.72. The second-order valence-electron chi connectivity index (χ2n) is 3.44. The maximum Gasteiger partial charge on any atom is 0.217 e. The van der Waals surface area contributed by atoms with E-state index in [1.165, 1.54) is 6.42 Å². The number of piperidine rings is 1. The van der Waals surface area contributed by atoms with Crippen molar-refractivity contribution in [3.8, 4) is 0 Å². The molecule has 3 nitrogen and oxygen atoms in total. The molecule has 0 aromatic heterocycles. The molecule has 1 fully saturated rings. The van der Waals surface area contributed by atoms with E-state index in [1.807, 2.05) is 0 Å². The summed E-state index contributed by atoms with van der Waals surface area (Å²) in [4.78, 5) is 12.8. The minimum Gasteiger partial charge on any atom is -0.370 e. The van der Waals surface area contributed by atoms with Gasteiger partial charge < -0.3 is 10.6 Å². The summed E-state index contributed by atoms with van der Waals surface area (Å²) < 4.78 is 0. The van der Waals surface area contributed by atoms with Crippen LogP contribution in [0.3, 0.4) is 0 Å². The van der Waals surface area contributed by atoms with E-state index in [4.69, 9.17) is 5.73 Å². The molecule has 0 aromatic rings. The summed E-state index contributed by atoms with van der Waals surface area (Å²) in [5.74, 6) is 0.344. The van der Waals surface area contributed by atoms with Gasteiger partial charge in [0.15, 0.2) is 0 Å². The van der Waals surface area contributed by atoms with Crippen molar-refractivity contribution in [3.05, 3.63) is 0 Å². The molecular formula is C8H16N2O. The van der Waals surface area contributed by atoms with Crippen molar-refractivity contribution in [1.82, 2.24) is 4.90 Å². The zero-order chi connectivity index (χ0) is 8.27. The molecule has 3 heteroatoms. The topological polar surface area (TPSA) is 46.3 Å². The van der Waals surface area contributed by atoms with Gasteiger partial charge in [-0.25, -0.2) is 0 Å². The molecule has 0 spiro atoms. The first-order valence-corrected chi connectivity index (χ1v) is 4.15. The quantitative estimate of drug-likeness (QED) is 0.621. The van der Waals surface area contributed by atoms with Gasteiger partial charge in [-0.3, -0.25) is 4.79 Å². The van der Waals surface area contributed by atoms with Crippen LogP contribution in [0.25, 0.3) is 0 Å². The highest BCUT2D eigenvalue weighted by Gasteiger charge is 2.18. The van der Waals surface area contributed by atoms with Gasteiger partial charge in [0.05, 0.1) is 0 Å². The molecule has 0 aromatic carbocycles. The smallest absolute Gasteiger partial charge is 0.217 e. The highest BCUT2D eigenvalue weighted by molar-refractivity contribution is 5.74. The first-order chi connectivity index (χ1) is 5.18. The zero-order valence-electron chi connectivity index (χ0n) is 7.05. The highest BCUT2D eigenvalue weighted by Crippen LogP contribution is 2.17. The minimum atomic E-state index is -0.162. The van der Waals surface area contributed by atoms with Crippen LogP contribution in [0.5, 0.6) is 0 Å². The van der Waals surface area contributed by atoms with Crippen molar-refractivity contribution in [2.75, 3.05) is 20.1 Å². The van der Waals surface area contributed by atoms with Crippen molar-refractivity contribution in [2.24, 2.45) is 11.7 Å². The van der Waals surface area contributed by atoms with E-state index in [0.29, 0.717) is 12.3 Å². The number of likely N-dealkylation sites (tertiary alicyclic amines) is 1. The molecule has 1 heterocycles. The van der Waals surface area contributed by atoms with Crippen LogP contribution in [0.2, 0.25) is 0 Å². The fraction of sp³-hybridized carbons (Fsp3) is 0.875. The van der Waals surface area contributed by atoms with Crippen LogP contribution in [0.4, 0.5) is 0 Å². The lowest BCUT2D eigenvalue weighted by atomic mass is 9.95. The van der Waals surface area contributed by atoms with Gasteiger partial charge in [-0.1, -0.05) is 0 Å².